The molecule has 20 heavy (non-hydrogen) atoms. The number of fused-ring (bicyclic) bond motifs is 3. The molecule has 2 heteroatoms. The van der Waals surface area contributed by atoms with E-state index in [1.807, 2.05) is 12.1 Å². The molecule has 0 spiro atoms. The van der Waals surface area contributed by atoms with Crippen LogP contribution in [0, 0.1) is 0 Å². The largest absolute Gasteiger partial charge is 0.0827 e. The summed E-state index contributed by atoms with van der Waals surface area (Å²) in [4.78, 5) is 0. The van der Waals surface area contributed by atoms with E-state index in [0.717, 1.165) is 10.8 Å². The first kappa shape index (κ1) is 12.0. The van der Waals surface area contributed by atoms with Gasteiger partial charge in [-0.1, -0.05) is 47.5 Å². The summed E-state index contributed by atoms with van der Waals surface area (Å²) in [7, 11) is 0. The third-order valence-corrected chi connectivity index (χ3v) is 4.42. The first-order valence-corrected chi connectivity index (χ1v) is 7.18. The molecule has 4 rings (SSSR count). The van der Waals surface area contributed by atoms with Crippen LogP contribution in [0.4, 0.5) is 0 Å². The molecule has 0 saturated heterocycles. The molecule has 0 nitrogen and oxygen atoms in total. The second-order valence-corrected chi connectivity index (χ2v) is 5.83. The summed E-state index contributed by atoms with van der Waals surface area (Å²) in [5.74, 6) is 0. The predicted molar refractivity (Wildman–Crippen MR) is 89.0 cm³/mol. The number of hydrogen-bond acceptors (Lipinski definition) is 0. The summed E-state index contributed by atoms with van der Waals surface area (Å²) in [5.41, 5.74) is 0. The molecule has 0 atom stereocenters. The first-order valence-electron chi connectivity index (χ1n) is 6.42. The molecule has 0 fully saturated rings. The van der Waals surface area contributed by atoms with Crippen molar-refractivity contribution in [3.05, 3.63) is 70.7 Å². The summed E-state index contributed by atoms with van der Waals surface area (Å²) in [6.45, 7) is 0. The summed E-state index contributed by atoms with van der Waals surface area (Å²) in [6.07, 6.45) is 0. The smallest absolute Gasteiger partial charge is 0.0598 e. The molecule has 0 amide bonds. The lowest BCUT2D eigenvalue weighted by atomic mass is 10.00. The van der Waals surface area contributed by atoms with Crippen molar-refractivity contribution in [2.75, 3.05) is 0 Å². The van der Waals surface area contributed by atoms with E-state index < -0.39 is 0 Å². The van der Waals surface area contributed by atoms with Crippen molar-refractivity contribution in [3.8, 4) is 0 Å². The minimum absolute atomic E-state index is 0.597. The Hall–Kier alpha value is -1.76. The van der Waals surface area contributed by atoms with E-state index in [4.69, 9.17) is 23.2 Å². The van der Waals surface area contributed by atoms with Gasteiger partial charge in [-0.2, -0.15) is 0 Å². The average molecular weight is 297 g/mol. The fourth-order valence-electron chi connectivity index (χ4n) is 2.69. The second-order valence-electron chi connectivity index (χ2n) is 5.01. The van der Waals surface area contributed by atoms with E-state index >= 15 is 0 Å². The maximum absolute atomic E-state index is 6.10. The summed E-state index contributed by atoms with van der Waals surface area (Å²) < 4.78 is 0. The van der Waals surface area contributed by atoms with E-state index in [2.05, 4.69) is 48.5 Å². The van der Waals surface area contributed by atoms with E-state index in [1.165, 1.54) is 21.5 Å². The molecule has 0 aliphatic rings. The van der Waals surface area contributed by atoms with Crippen LogP contribution in [0.25, 0.3) is 32.3 Å². The molecule has 96 valence electrons. The van der Waals surface area contributed by atoms with Crippen LogP contribution in [0.5, 0.6) is 0 Å². The third kappa shape index (κ3) is 1.84. The lowest BCUT2D eigenvalue weighted by molar-refractivity contribution is 1.77. The maximum Gasteiger partial charge on any atom is 0.0598 e. The minimum atomic E-state index is 0.597. The van der Waals surface area contributed by atoms with Gasteiger partial charge in [0.25, 0.3) is 0 Å². The van der Waals surface area contributed by atoms with Gasteiger partial charge in [-0.3, -0.25) is 0 Å². The monoisotopic (exact) mass is 296 g/mol. The van der Waals surface area contributed by atoms with Crippen molar-refractivity contribution in [1.82, 2.24) is 0 Å². The lowest BCUT2D eigenvalue weighted by Crippen LogP contribution is -1.79. The number of rotatable bonds is 0. The van der Waals surface area contributed by atoms with E-state index in [1.54, 1.807) is 0 Å². The molecule has 0 bridgehead atoms. The van der Waals surface area contributed by atoms with Crippen LogP contribution in [0.15, 0.2) is 60.7 Å². The highest BCUT2D eigenvalue weighted by molar-refractivity contribution is 6.42. The van der Waals surface area contributed by atoms with Crippen LogP contribution < -0.4 is 0 Å². The van der Waals surface area contributed by atoms with Crippen LogP contribution in [0.2, 0.25) is 10.0 Å². The fourth-order valence-corrected chi connectivity index (χ4v) is 3.03. The van der Waals surface area contributed by atoms with Gasteiger partial charge < -0.3 is 0 Å². The Labute approximate surface area is 126 Å². The molecule has 0 saturated carbocycles. The van der Waals surface area contributed by atoms with Crippen LogP contribution in [-0.2, 0) is 0 Å². The Balaban J connectivity index is 2.15. The zero-order valence-electron chi connectivity index (χ0n) is 10.5. The lowest BCUT2D eigenvalue weighted by Gasteiger charge is -2.06. The van der Waals surface area contributed by atoms with Crippen molar-refractivity contribution in [2.24, 2.45) is 0 Å². The van der Waals surface area contributed by atoms with Crippen LogP contribution in [0.3, 0.4) is 0 Å². The van der Waals surface area contributed by atoms with Gasteiger partial charge in [-0.15, -0.1) is 0 Å². The molecule has 4 aromatic carbocycles. The van der Waals surface area contributed by atoms with Gasteiger partial charge in [0.1, 0.15) is 0 Å². The van der Waals surface area contributed by atoms with Crippen LogP contribution >= 0.6 is 23.2 Å². The highest BCUT2D eigenvalue weighted by atomic mass is 35.5. The molecule has 0 N–H and O–H groups in total. The second kappa shape index (κ2) is 4.37. The van der Waals surface area contributed by atoms with Gasteiger partial charge in [0.05, 0.1) is 10.0 Å². The molecule has 0 radical (unpaired) electrons. The molecule has 4 aromatic rings. The molecule has 0 aliphatic carbocycles. The van der Waals surface area contributed by atoms with Crippen molar-refractivity contribution in [2.45, 2.75) is 0 Å². The van der Waals surface area contributed by atoms with E-state index in [-0.39, 0.29) is 0 Å². The predicted octanol–water partition coefficient (Wildman–Crippen LogP) is 6.45. The number of benzene rings is 4. The van der Waals surface area contributed by atoms with Gasteiger partial charge in [0, 0.05) is 0 Å². The van der Waals surface area contributed by atoms with E-state index in [9.17, 15) is 0 Å². The third-order valence-electron chi connectivity index (χ3n) is 3.70. The van der Waals surface area contributed by atoms with Gasteiger partial charge in [-0.05, 0) is 68.7 Å². The van der Waals surface area contributed by atoms with Gasteiger partial charge >= 0.3 is 0 Å². The Morgan fingerprint density at radius 3 is 1.25 bits per heavy atom. The quantitative estimate of drug-likeness (QED) is 0.327. The highest BCUT2D eigenvalue weighted by Crippen LogP contribution is 2.32. The summed E-state index contributed by atoms with van der Waals surface area (Å²) in [5, 5.41) is 8.35. The molecular weight excluding hydrogens is 287 g/mol. The fraction of sp³-hybridized carbons (Fsp3) is 0. The minimum Gasteiger partial charge on any atom is -0.0827 e. The van der Waals surface area contributed by atoms with Gasteiger partial charge in [0.2, 0.25) is 0 Å². The SMILES string of the molecule is Clc1cc2cc3cc4ccccc4cc3cc2cc1Cl. The van der Waals surface area contributed by atoms with Gasteiger partial charge in [-0.25, -0.2) is 0 Å². The average Bonchev–Trinajstić information content (AvgIpc) is 2.44. The van der Waals surface area contributed by atoms with Crippen LogP contribution in [-0.4, -0.2) is 0 Å². The van der Waals surface area contributed by atoms with Crippen molar-refractivity contribution in [3.63, 3.8) is 0 Å². The zero-order valence-corrected chi connectivity index (χ0v) is 12.0. The standard InChI is InChI=1S/C18H10Cl2/c19-17-9-15-7-13-5-11-3-1-2-4-12(11)6-14(13)8-16(15)10-18(17)20/h1-10H. The van der Waals surface area contributed by atoms with Crippen LogP contribution in [0.1, 0.15) is 0 Å². The van der Waals surface area contributed by atoms with Crippen molar-refractivity contribution < 1.29 is 0 Å². The van der Waals surface area contributed by atoms with Crippen molar-refractivity contribution in [1.29, 1.82) is 0 Å². The molecular formula is C18H10Cl2. The van der Waals surface area contributed by atoms with E-state index in [0.29, 0.717) is 10.0 Å². The molecule has 0 aromatic heterocycles. The Bertz CT molecular complexity index is 891. The molecule has 0 aliphatic heterocycles. The topological polar surface area (TPSA) is 0 Å². The maximum atomic E-state index is 6.10. The number of hydrogen-bond donors (Lipinski definition) is 0. The zero-order chi connectivity index (χ0) is 13.7. The normalized spacial score (nSPS) is 11.5. The Morgan fingerprint density at radius 2 is 0.800 bits per heavy atom. The van der Waals surface area contributed by atoms with Gasteiger partial charge in [0.15, 0.2) is 0 Å². The summed E-state index contributed by atoms with van der Waals surface area (Å²) in [6, 6.07) is 21.0. The molecule has 0 heterocycles. The Morgan fingerprint density at radius 1 is 0.450 bits per heavy atom. The molecule has 0 unspecified atom stereocenters. The highest BCUT2D eigenvalue weighted by Gasteiger charge is 2.04. The number of halogens is 2. The van der Waals surface area contributed by atoms with Crippen molar-refractivity contribution >= 4 is 55.5 Å². The summed E-state index contributed by atoms with van der Waals surface area (Å²) >= 11 is 12.2. The Kier molecular flexibility index (Phi) is 2.63. The first-order chi connectivity index (χ1) is 9.70.